The first-order valence-electron chi connectivity index (χ1n) is 6.95. The molecule has 2 N–H and O–H groups in total. The van der Waals surface area contributed by atoms with Crippen LogP contribution in [0.3, 0.4) is 0 Å². The van der Waals surface area contributed by atoms with Crippen LogP contribution in [0.15, 0.2) is 29.6 Å². The van der Waals surface area contributed by atoms with Crippen LogP contribution in [0.4, 0.5) is 0 Å². The third kappa shape index (κ3) is 3.89. The zero-order valence-corrected chi connectivity index (χ0v) is 13.3. The van der Waals surface area contributed by atoms with E-state index in [1.807, 2.05) is 44.4 Å². The third-order valence-electron chi connectivity index (χ3n) is 3.49. The number of carbonyl (C=O) groups is 1. The Kier molecular flexibility index (Phi) is 5.09. The van der Waals surface area contributed by atoms with E-state index in [1.165, 1.54) is 0 Å². The van der Waals surface area contributed by atoms with Gasteiger partial charge in [-0.1, -0.05) is 19.1 Å². The Hall–Kier alpha value is -1.72. The average Bonchev–Trinajstić information content (AvgIpc) is 2.93. The molecule has 2 unspecified atom stereocenters. The fourth-order valence-corrected chi connectivity index (χ4v) is 2.67. The van der Waals surface area contributed by atoms with Crippen molar-refractivity contribution in [3.8, 4) is 10.6 Å². The second-order valence-electron chi connectivity index (χ2n) is 5.30. The number of nitrogens with zero attached hydrogens (tertiary/aromatic N) is 1. The Balaban J connectivity index is 2.15. The molecule has 0 radical (unpaired) electrons. The van der Waals surface area contributed by atoms with Gasteiger partial charge in [-0.15, -0.1) is 11.3 Å². The summed E-state index contributed by atoms with van der Waals surface area (Å²) < 4.78 is 0. The van der Waals surface area contributed by atoms with Crippen molar-refractivity contribution in [2.75, 3.05) is 6.61 Å². The van der Waals surface area contributed by atoms with Crippen LogP contribution in [-0.4, -0.2) is 28.6 Å². The van der Waals surface area contributed by atoms with Crippen molar-refractivity contribution in [1.82, 2.24) is 10.3 Å². The molecule has 0 aliphatic carbocycles. The summed E-state index contributed by atoms with van der Waals surface area (Å²) in [5.41, 5.74) is 2.54. The predicted molar refractivity (Wildman–Crippen MR) is 85.5 cm³/mol. The molecule has 4 nitrogen and oxygen atoms in total. The van der Waals surface area contributed by atoms with Crippen LogP contribution in [0.2, 0.25) is 0 Å². The quantitative estimate of drug-likeness (QED) is 0.893. The zero-order chi connectivity index (χ0) is 15.4. The first-order chi connectivity index (χ1) is 10.0. The van der Waals surface area contributed by atoms with Crippen molar-refractivity contribution in [2.45, 2.75) is 26.8 Å². The molecule has 1 aromatic carbocycles. The highest BCUT2D eigenvalue weighted by Gasteiger charge is 2.15. The number of aliphatic hydroxyl groups excluding tert-OH is 1. The number of aliphatic hydroxyl groups is 1. The SMILES string of the molecule is Cc1csc(-c2cccc(C(=O)NC(C)C(C)CO)c2)n1. The summed E-state index contributed by atoms with van der Waals surface area (Å²) in [4.78, 5) is 16.7. The lowest BCUT2D eigenvalue weighted by Crippen LogP contribution is -2.38. The van der Waals surface area contributed by atoms with Gasteiger partial charge >= 0.3 is 0 Å². The lowest BCUT2D eigenvalue weighted by Gasteiger charge is -2.19. The molecule has 0 fully saturated rings. The highest BCUT2D eigenvalue weighted by Crippen LogP contribution is 2.24. The standard InChI is InChI=1S/C16H20N2O2S/c1-10(8-19)12(3)18-15(20)13-5-4-6-14(7-13)16-17-11(2)9-21-16/h4-7,9-10,12,19H,8H2,1-3H3,(H,18,20). The van der Waals surface area contributed by atoms with E-state index in [4.69, 9.17) is 5.11 Å². The van der Waals surface area contributed by atoms with Crippen LogP contribution < -0.4 is 5.32 Å². The van der Waals surface area contributed by atoms with Crippen molar-refractivity contribution < 1.29 is 9.90 Å². The molecular weight excluding hydrogens is 284 g/mol. The minimum atomic E-state index is -0.127. The fraction of sp³-hybridized carbons (Fsp3) is 0.375. The van der Waals surface area contributed by atoms with Gasteiger partial charge in [0.25, 0.3) is 5.91 Å². The van der Waals surface area contributed by atoms with Crippen LogP contribution in [0.25, 0.3) is 10.6 Å². The zero-order valence-electron chi connectivity index (χ0n) is 12.5. The Morgan fingerprint density at radius 3 is 2.81 bits per heavy atom. The molecule has 2 rings (SSSR count). The van der Waals surface area contributed by atoms with Crippen molar-refractivity contribution in [1.29, 1.82) is 0 Å². The van der Waals surface area contributed by atoms with Gasteiger partial charge in [0, 0.05) is 34.8 Å². The molecule has 1 amide bonds. The lowest BCUT2D eigenvalue weighted by molar-refractivity contribution is 0.0916. The summed E-state index contributed by atoms with van der Waals surface area (Å²) in [6.45, 7) is 5.81. The summed E-state index contributed by atoms with van der Waals surface area (Å²) >= 11 is 1.57. The van der Waals surface area contributed by atoms with Crippen LogP contribution >= 0.6 is 11.3 Å². The molecule has 0 saturated heterocycles. The molecule has 1 aromatic heterocycles. The Bertz CT molecular complexity index is 624. The van der Waals surface area contributed by atoms with E-state index < -0.39 is 0 Å². The van der Waals surface area contributed by atoms with Gasteiger partial charge < -0.3 is 10.4 Å². The predicted octanol–water partition coefficient (Wildman–Crippen LogP) is 2.87. The van der Waals surface area contributed by atoms with E-state index in [0.717, 1.165) is 16.3 Å². The Morgan fingerprint density at radius 2 is 2.19 bits per heavy atom. The molecule has 2 atom stereocenters. The van der Waals surface area contributed by atoms with E-state index in [-0.39, 0.29) is 24.5 Å². The number of aromatic nitrogens is 1. The molecule has 0 spiro atoms. The molecule has 112 valence electrons. The van der Waals surface area contributed by atoms with Gasteiger partial charge in [0.05, 0.1) is 0 Å². The second kappa shape index (κ2) is 6.83. The van der Waals surface area contributed by atoms with Gasteiger partial charge in [-0.25, -0.2) is 4.98 Å². The van der Waals surface area contributed by atoms with E-state index in [1.54, 1.807) is 17.4 Å². The van der Waals surface area contributed by atoms with Crippen molar-refractivity contribution in [3.05, 3.63) is 40.9 Å². The topological polar surface area (TPSA) is 62.2 Å². The maximum absolute atomic E-state index is 12.3. The smallest absolute Gasteiger partial charge is 0.251 e. The largest absolute Gasteiger partial charge is 0.396 e. The highest BCUT2D eigenvalue weighted by atomic mass is 32.1. The molecular formula is C16H20N2O2S. The van der Waals surface area contributed by atoms with E-state index in [9.17, 15) is 4.79 Å². The number of nitrogens with one attached hydrogen (secondary N) is 1. The van der Waals surface area contributed by atoms with Crippen LogP contribution in [0.5, 0.6) is 0 Å². The maximum atomic E-state index is 12.3. The number of hydrogen-bond acceptors (Lipinski definition) is 4. The number of hydrogen-bond donors (Lipinski definition) is 2. The van der Waals surface area contributed by atoms with Crippen molar-refractivity contribution in [3.63, 3.8) is 0 Å². The summed E-state index contributed by atoms with van der Waals surface area (Å²) in [6.07, 6.45) is 0. The number of rotatable bonds is 5. The van der Waals surface area contributed by atoms with E-state index >= 15 is 0 Å². The Labute approximate surface area is 128 Å². The fourth-order valence-electron chi connectivity index (χ4n) is 1.87. The van der Waals surface area contributed by atoms with E-state index in [2.05, 4.69) is 10.3 Å². The minimum absolute atomic E-state index is 0.0266. The maximum Gasteiger partial charge on any atom is 0.251 e. The molecule has 0 saturated carbocycles. The van der Waals surface area contributed by atoms with Gasteiger partial charge in [-0.2, -0.15) is 0 Å². The van der Waals surface area contributed by atoms with Crippen LogP contribution in [0, 0.1) is 12.8 Å². The summed E-state index contributed by atoms with van der Waals surface area (Å²) in [7, 11) is 0. The van der Waals surface area contributed by atoms with Crippen molar-refractivity contribution >= 4 is 17.2 Å². The minimum Gasteiger partial charge on any atom is -0.396 e. The molecule has 0 aliphatic rings. The lowest BCUT2D eigenvalue weighted by atomic mass is 10.0. The third-order valence-corrected chi connectivity index (χ3v) is 4.50. The normalized spacial score (nSPS) is 13.7. The molecule has 0 aliphatic heterocycles. The molecule has 5 heteroatoms. The van der Waals surface area contributed by atoms with Crippen LogP contribution in [-0.2, 0) is 0 Å². The van der Waals surface area contributed by atoms with Gasteiger partial charge in [0.1, 0.15) is 5.01 Å². The monoisotopic (exact) mass is 304 g/mol. The van der Waals surface area contributed by atoms with Gasteiger partial charge in [-0.3, -0.25) is 4.79 Å². The summed E-state index contributed by atoms with van der Waals surface area (Å²) in [5.74, 6) is -0.100. The van der Waals surface area contributed by atoms with E-state index in [0.29, 0.717) is 5.56 Å². The molecule has 1 heterocycles. The molecule has 0 bridgehead atoms. The number of aryl methyl sites for hydroxylation is 1. The number of benzene rings is 1. The first kappa shape index (κ1) is 15.7. The molecule has 2 aromatic rings. The molecule has 21 heavy (non-hydrogen) atoms. The summed E-state index contributed by atoms with van der Waals surface area (Å²) in [5, 5.41) is 14.9. The van der Waals surface area contributed by atoms with Crippen LogP contribution in [0.1, 0.15) is 29.9 Å². The number of carbonyl (C=O) groups excluding carboxylic acids is 1. The van der Waals surface area contributed by atoms with Gasteiger partial charge in [0.2, 0.25) is 0 Å². The first-order valence-corrected chi connectivity index (χ1v) is 7.83. The number of amides is 1. The summed E-state index contributed by atoms with van der Waals surface area (Å²) in [6, 6.07) is 7.38. The highest BCUT2D eigenvalue weighted by molar-refractivity contribution is 7.13. The average molecular weight is 304 g/mol. The second-order valence-corrected chi connectivity index (χ2v) is 6.15. The Morgan fingerprint density at radius 1 is 1.43 bits per heavy atom. The van der Waals surface area contributed by atoms with Gasteiger partial charge in [-0.05, 0) is 31.9 Å². The van der Waals surface area contributed by atoms with Gasteiger partial charge in [0.15, 0.2) is 0 Å². The van der Waals surface area contributed by atoms with Crippen molar-refractivity contribution in [2.24, 2.45) is 5.92 Å². The number of thiazole rings is 1.